The van der Waals surface area contributed by atoms with Crippen molar-refractivity contribution in [1.29, 1.82) is 0 Å². The van der Waals surface area contributed by atoms with Crippen molar-refractivity contribution in [3.8, 4) is 22.5 Å². The molecule has 0 aliphatic carbocycles. The lowest BCUT2D eigenvalue weighted by Gasteiger charge is -2.11. The lowest BCUT2D eigenvalue weighted by molar-refractivity contribution is -0.115. The molecule has 1 heterocycles. The minimum Gasteiger partial charge on any atom is -0.332 e. The molecule has 7 nitrogen and oxygen atoms in total. The number of rotatable bonds is 7. The fraction of sp³-hybridized carbons (Fsp3) is 0.0833. The van der Waals surface area contributed by atoms with Gasteiger partial charge in [0.2, 0.25) is 15.9 Å². The molecule has 0 aliphatic heterocycles. The van der Waals surface area contributed by atoms with Crippen LogP contribution in [0.4, 0.5) is 5.69 Å². The third-order valence-corrected chi connectivity index (χ3v) is 6.81. The van der Waals surface area contributed by atoms with E-state index in [0.717, 1.165) is 22.5 Å². The Morgan fingerprint density at radius 1 is 0.939 bits per heavy atom. The van der Waals surface area contributed by atoms with Crippen LogP contribution < -0.4 is 10.5 Å². The first-order valence-corrected chi connectivity index (χ1v) is 12.5. The van der Waals surface area contributed by atoms with Gasteiger partial charge in [0.25, 0.3) is 0 Å². The van der Waals surface area contributed by atoms with Crippen molar-refractivity contribution in [2.45, 2.75) is 22.2 Å². The maximum absolute atomic E-state index is 12.7. The molecule has 0 fully saturated rings. The number of carbonyl (C=O) groups excluding carboxylic acids is 1. The molecule has 0 spiro atoms. The van der Waals surface area contributed by atoms with E-state index in [0.29, 0.717) is 10.8 Å². The lowest BCUT2D eigenvalue weighted by atomic mass is 10.1. The Balaban J connectivity index is 1.53. The third-order valence-electron chi connectivity index (χ3n) is 4.90. The number of anilines is 1. The Kier molecular flexibility index (Phi) is 6.64. The van der Waals surface area contributed by atoms with E-state index in [-0.39, 0.29) is 10.8 Å². The highest BCUT2D eigenvalue weighted by Gasteiger charge is 2.20. The van der Waals surface area contributed by atoms with Gasteiger partial charge >= 0.3 is 0 Å². The first kappa shape index (κ1) is 22.8. The molecule has 4 rings (SSSR count). The van der Waals surface area contributed by atoms with Gasteiger partial charge in [-0.2, -0.15) is 0 Å². The molecular weight excluding hydrogens is 456 g/mol. The van der Waals surface area contributed by atoms with Crippen molar-refractivity contribution in [2.75, 3.05) is 5.32 Å². The van der Waals surface area contributed by atoms with Crippen LogP contribution in [0, 0.1) is 0 Å². The first-order chi connectivity index (χ1) is 15.8. The fourth-order valence-electron chi connectivity index (χ4n) is 3.22. The van der Waals surface area contributed by atoms with Crippen LogP contribution in [0.2, 0.25) is 0 Å². The molecule has 4 N–H and O–H groups in total. The molecule has 0 saturated heterocycles. The highest BCUT2D eigenvalue weighted by molar-refractivity contribution is 8.00. The van der Waals surface area contributed by atoms with E-state index in [1.165, 1.54) is 36.0 Å². The number of nitrogens with one attached hydrogen (secondary N) is 2. The number of aromatic nitrogens is 2. The number of nitrogens with two attached hydrogens (primary N) is 1. The van der Waals surface area contributed by atoms with Crippen molar-refractivity contribution in [3.05, 3.63) is 84.9 Å². The standard InChI is InChI=1S/C24H22N4O3S2/c1-16(23(29)26-19-12-14-20(15-13-19)33(25,30)31)32-24-27-21(17-8-4-2-5-9-17)22(28-24)18-10-6-3-7-11-18/h2-16H,1H3,(H,26,29)(H,27,28)(H2,25,30,31). The van der Waals surface area contributed by atoms with Gasteiger partial charge in [0.05, 0.1) is 21.5 Å². The van der Waals surface area contributed by atoms with E-state index in [1.54, 1.807) is 6.92 Å². The molecule has 0 bridgehead atoms. The molecule has 0 aliphatic rings. The van der Waals surface area contributed by atoms with Gasteiger partial charge in [-0.25, -0.2) is 18.5 Å². The molecule has 1 unspecified atom stereocenters. The van der Waals surface area contributed by atoms with Crippen LogP contribution in [0.15, 0.2) is 95.0 Å². The number of amides is 1. The number of aromatic amines is 1. The van der Waals surface area contributed by atoms with Crippen LogP contribution in [0.1, 0.15) is 6.92 Å². The fourth-order valence-corrected chi connectivity index (χ4v) is 4.54. The second-order valence-corrected chi connectivity index (χ2v) is 10.2. The summed E-state index contributed by atoms with van der Waals surface area (Å²) in [4.78, 5) is 20.8. The van der Waals surface area contributed by atoms with Gasteiger partial charge in [0, 0.05) is 16.8 Å². The van der Waals surface area contributed by atoms with Gasteiger partial charge in [-0.15, -0.1) is 0 Å². The van der Waals surface area contributed by atoms with Crippen LogP contribution in [-0.4, -0.2) is 29.5 Å². The maximum Gasteiger partial charge on any atom is 0.238 e. The van der Waals surface area contributed by atoms with Gasteiger partial charge in [0.15, 0.2) is 5.16 Å². The quantitative estimate of drug-likeness (QED) is 0.338. The van der Waals surface area contributed by atoms with E-state index < -0.39 is 15.3 Å². The predicted molar refractivity (Wildman–Crippen MR) is 131 cm³/mol. The van der Waals surface area contributed by atoms with Crippen LogP contribution in [0.5, 0.6) is 0 Å². The van der Waals surface area contributed by atoms with Crippen LogP contribution in [0.3, 0.4) is 0 Å². The highest BCUT2D eigenvalue weighted by Crippen LogP contribution is 2.33. The molecule has 1 atom stereocenters. The largest absolute Gasteiger partial charge is 0.332 e. The Hall–Kier alpha value is -3.40. The number of imidazole rings is 1. The number of hydrogen-bond acceptors (Lipinski definition) is 5. The minimum absolute atomic E-state index is 0.0135. The molecule has 0 radical (unpaired) electrons. The van der Waals surface area contributed by atoms with Crippen molar-refractivity contribution < 1.29 is 13.2 Å². The number of thioether (sulfide) groups is 1. The summed E-state index contributed by atoms with van der Waals surface area (Å²) in [6.07, 6.45) is 0. The zero-order valence-corrected chi connectivity index (χ0v) is 19.4. The van der Waals surface area contributed by atoms with Gasteiger partial charge in [-0.3, -0.25) is 4.79 Å². The van der Waals surface area contributed by atoms with Gasteiger partial charge in [-0.05, 0) is 31.2 Å². The Morgan fingerprint density at radius 3 is 2.09 bits per heavy atom. The lowest BCUT2D eigenvalue weighted by Crippen LogP contribution is -2.22. The van der Waals surface area contributed by atoms with Gasteiger partial charge in [0.1, 0.15) is 0 Å². The average Bonchev–Trinajstić information content (AvgIpc) is 3.24. The molecule has 9 heteroatoms. The molecule has 4 aromatic rings. The molecule has 1 aromatic heterocycles. The number of hydrogen-bond donors (Lipinski definition) is 3. The summed E-state index contributed by atoms with van der Waals surface area (Å²) in [5.41, 5.74) is 4.16. The second-order valence-electron chi connectivity index (χ2n) is 7.32. The van der Waals surface area contributed by atoms with Gasteiger partial charge in [-0.1, -0.05) is 72.4 Å². The molecule has 0 saturated carbocycles. The Bertz CT molecular complexity index is 1300. The van der Waals surface area contributed by atoms with E-state index in [1.807, 2.05) is 60.7 Å². The minimum atomic E-state index is -3.78. The SMILES string of the molecule is CC(Sc1nc(-c2ccccc2)c(-c2ccccc2)[nH]1)C(=O)Nc1ccc(S(N)(=O)=O)cc1. The normalized spacial score (nSPS) is 12.3. The molecule has 3 aromatic carbocycles. The number of nitrogens with zero attached hydrogens (tertiary/aromatic N) is 1. The monoisotopic (exact) mass is 478 g/mol. The van der Waals surface area contributed by atoms with Crippen LogP contribution >= 0.6 is 11.8 Å². The smallest absolute Gasteiger partial charge is 0.238 e. The summed E-state index contributed by atoms with van der Waals surface area (Å²) >= 11 is 1.31. The summed E-state index contributed by atoms with van der Waals surface area (Å²) in [5.74, 6) is -0.234. The topological polar surface area (TPSA) is 118 Å². The van der Waals surface area contributed by atoms with E-state index in [9.17, 15) is 13.2 Å². The first-order valence-electron chi connectivity index (χ1n) is 10.1. The Labute approximate surface area is 196 Å². The van der Waals surface area contributed by atoms with Gasteiger partial charge < -0.3 is 10.3 Å². The molecule has 1 amide bonds. The summed E-state index contributed by atoms with van der Waals surface area (Å²) in [7, 11) is -3.78. The summed E-state index contributed by atoms with van der Waals surface area (Å²) in [6, 6.07) is 25.5. The zero-order valence-electron chi connectivity index (χ0n) is 17.7. The van der Waals surface area contributed by atoms with Crippen molar-refractivity contribution in [3.63, 3.8) is 0 Å². The number of benzene rings is 3. The second kappa shape index (κ2) is 9.62. The number of sulfonamides is 1. The molecule has 33 heavy (non-hydrogen) atoms. The summed E-state index contributed by atoms with van der Waals surface area (Å²) < 4.78 is 22.8. The summed E-state index contributed by atoms with van der Waals surface area (Å²) in [5, 5.41) is 8.07. The van der Waals surface area contributed by atoms with E-state index in [4.69, 9.17) is 10.1 Å². The van der Waals surface area contributed by atoms with Crippen LogP contribution in [0.25, 0.3) is 22.5 Å². The predicted octanol–water partition coefficient (Wildman–Crippen LogP) is 4.51. The van der Waals surface area contributed by atoms with Crippen molar-refractivity contribution >= 4 is 33.4 Å². The van der Waals surface area contributed by atoms with E-state index >= 15 is 0 Å². The molecular formula is C24H22N4O3S2. The van der Waals surface area contributed by atoms with Crippen molar-refractivity contribution in [1.82, 2.24) is 9.97 Å². The number of H-pyrrole nitrogens is 1. The maximum atomic E-state index is 12.7. The number of primary sulfonamides is 1. The highest BCUT2D eigenvalue weighted by atomic mass is 32.2. The number of carbonyl (C=O) groups is 1. The van der Waals surface area contributed by atoms with Crippen LogP contribution in [-0.2, 0) is 14.8 Å². The van der Waals surface area contributed by atoms with E-state index in [2.05, 4.69) is 10.3 Å². The third kappa shape index (κ3) is 5.51. The molecule has 168 valence electrons. The van der Waals surface area contributed by atoms with Crippen molar-refractivity contribution in [2.24, 2.45) is 5.14 Å². The average molecular weight is 479 g/mol. The zero-order chi connectivity index (χ0) is 23.4. The Morgan fingerprint density at radius 2 is 1.52 bits per heavy atom. The summed E-state index contributed by atoms with van der Waals surface area (Å²) in [6.45, 7) is 1.78.